The molecule has 0 radical (unpaired) electrons. The number of hydrogen-bond acceptors (Lipinski definition) is 8. The number of rotatable bonds is 6. The van der Waals surface area contributed by atoms with E-state index < -0.39 is 0 Å². The van der Waals surface area contributed by atoms with Crippen molar-refractivity contribution in [1.82, 2.24) is 20.4 Å². The normalized spacial score (nSPS) is 11.0. The lowest BCUT2D eigenvalue weighted by Crippen LogP contribution is -1.80. The van der Waals surface area contributed by atoms with Crippen LogP contribution in [0.15, 0.2) is 38.3 Å². The Labute approximate surface area is 140 Å². The SMILES string of the molecule is CSCc1nnc(SCc2nnc(-c3ccccc3Cl)o2)o1. The highest BCUT2D eigenvalue weighted by Crippen LogP contribution is 2.28. The number of hydrogen-bond donors (Lipinski definition) is 0. The van der Waals surface area contributed by atoms with E-state index >= 15 is 0 Å². The lowest BCUT2D eigenvalue weighted by molar-refractivity contribution is 0.426. The zero-order valence-electron chi connectivity index (χ0n) is 11.5. The van der Waals surface area contributed by atoms with E-state index in [9.17, 15) is 0 Å². The highest BCUT2D eigenvalue weighted by molar-refractivity contribution is 7.98. The van der Waals surface area contributed by atoms with E-state index in [0.29, 0.717) is 45.0 Å². The van der Waals surface area contributed by atoms with Gasteiger partial charge in [0.2, 0.25) is 17.7 Å². The second-order valence-corrected chi connectivity index (χ2v) is 6.36. The summed E-state index contributed by atoms with van der Waals surface area (Å²) >= 11 is 9.09. The summed E-state index contributed by atoms with van der Waals surface area (Å²) in [5.74, 6) is 2.64. The Hall–Kier alpha value is -1.51. The Balaban J connectivity index is 1.65. The van der Waals surface area contributed by atoms with Crippen LogP contribution < -0.4 is 0 Å². The maximum absolute atomic E-state index is 6.11. The van der Waals surface area contributed by atoms with Crippen LogP contribution in [0.3, 0.4) is 0 Å². The summed E-state index contributed by atoms with van der Waals surface area (Å²) in [5, 5.41) is 17.0. The summed E-state index contributed by atoms with van der Waals surface area (Å²) in [6.45, 7) is 0. The molecule has 3 aromatic rings. The molecule has 0 amide bonds. The van der Waals surface area contributed by atoms with Crippen LogP contribution in [0.1, 0.15) is 11.8 Å². The molecule has 0 aliphatic carbocycles. The van der Waals surface area contributed by atoms with Crippen molar-refractivity contribution >= 4 is 35.1 Å². The summed E-state index contributed by atoms with van der Waals surface area (Å²) < 4.78 is 11.1. The number of nitrogens with zero attached hydrogens (tertiary/aromatic N) is 4. The van der Waals surface area contributed by atoms with Crippen LogP contribution in [0, 0.1) is 0 Å². The van der Waals surface area contributed by atoms with Crippen LogP contribution >= 0.6 is 35.1 Å². The van der Waals surface area contributed by atoms with Crippen LogP contribution in [-0.2, 0) is 11.5 Å². The number of benzene rings is 1. The van der Waals surface area contributed by atoms with Crippen LogP contribution in [0.4, 0.5) is 0 Å². The fourth-order valence-corrected chi connectivity index (χ4v) is 2.85. The topological polar surface area (TPSA) is 77.8 Å². The van der Waals surface area contributed by atoms with Gasteiger partial charge in [-0.25, -0.2) is 0 Å². The van der Waals surface area contributed by atoms with Crippen LogP contribution in [0.25, 0.3) is 11.5 Å². The summed E-state index contributed by atoms with van der Waals surface area (Å²) in [4.78, 5) is 0. The molecular weight excluding hydrogens is 344 g/mol. The van der Waals surface area contributed by atoms with Gasteiger partial charge in [0, 0.05) is 0 Å². The fourth-order valence-electron chi connectivity index (χ4n) is 1.66. The third kappa shape index (κ3) is 3.63. The molecule has 0 fully saturated rings. The van der Waals surface area contributed by atoms with Crippen molar-refractivity contribution in [2.75, 3.05) is 6.26 Å². The summed E-state index contributed by atoms with van der Waals surface area (Å²) in [6, 6.07) is 7.33. The minimum absolute atomic E-state index is 0.398. The first kappa shape index (κ1) is 15.4. The molecular formula is C13H11ClN4O2S2. The van der Waals surface area contributed by atoms with E-state index in [4.69, 9.17) is 20.4 Å². The van der Waals surface area contributed by atoms with Crippen molar-refractivity contribution < 1.29 is 8.83 Å². The minimum Gasteiger partial charge on any atom is -0.420 e. The van der Waals surface area contributed by atoms with Crippen molar-refractivity contribution in [2.24, 2.45) is 0 Å². The minimum atomic E-state index is 0.398. The molecule has 0 bridgehead atoms. The van der Waals surface area contributed by atoms with Gasteiger partial charge in [-0.2, -0.15) is 11.8 Å². The van der Waals surface area contributed by atoms with Gasteiger partial charge in [-0.1, -0.05) is 35.5 Å². The molecule has 3 rings (SSSR count). The zero-order valence-corrected chi connectivity index (χ0v) is 13.9. The molecule has 22 heavy (non-hydrogen) atoms. The van der Waals surface area contributed by atoms with E-state index in [2.05, 4.69) is 20.4 Å². The van der Waals surface area contributed by atoms with E-state index in [1.54, 1.807) is 17.8 Å². The molecule has 1 aromatic carbocycles. The van der Waals surface area contributed by atoms with Gasteiger partial charge in [-0.15, -0.1) is 20.4 Å². The second-order valence-electron chi connectivity index (χ2n) is 4.16. The molecule has 0 aliphatic heterocycles. The predicted molar refractivity (Wildman–Crippen MR) is 85.8 cm³/mol. The quantitative estimate of drug-likeness (QED) is 0.616. The summed E-state index contributed by atoms with van der Waals surface area (Å²) in [5.41, 5.74) is 0.716. The molecule has 114 valence electrons. The van der Waals surface area contributed by atoms with E-state index in [1.165, 1.54) is 11.8 Å². The highest BCUT2D eigenvalue weighted by atomic mass is 35.5. The maximum atomic E-state index is 6.11. The lowest BCUT2D eigenvalue weighted by Gasteiger charge is -1.96. The van der Waals surface area contributed by atoms with Gasteiger partial charge in [-0.05, 0) is 18.4 Å². The average molecular weight is 355 g/mol. The Morgan fingerprint density at radius 1 is 1.00 bits per heavy atom. The summed E-state index contributed by atoms with van der Waals surface area (Å²) in [7, 11) is 0. The Morgan fingerprint density at radius 2 is 1.77 bits per heavy atom. The Kier molecular flexibility index (Phi) is 5.01. The fraction of sp³-hybridized carbons (Fsp3) is 0.231. The molecule has 0 unspecified atom stereocenters. The van der Waals surface area contributed by atoms with Crippen LogP contribution in [0.5, 0.6) is 0 Å². The monoisotopic (exact) mass is 354 g/mol. The molecule has 0 N–H and O–H groups in total. The second kappa shape index (κ2) is 7.17. The molecule has 9 heteroatoms. The van der Waals surface area contributed by atoms with Crippen molar-refractivity contribution in [2.45, 2.75) is 16.7 Å². The van der Waals surface area contributed by atoms with Gasteiger partial charge < -0.3 is 8.83 Å². The smallest absolute Gasteiger partial charge is 0.277 e. The lowest BCUT2D eigenvalue weighted by atomic mass is 10.2. The predicted octanol–water partition coefficient (Wildman–Crippen LogP) is 3.93. The molecule has 0 aliphatic rings. The molecule has 0 saturated carbocycles. The van der Waals surface area contributed by atoms with Crippen molar-refractivity contribution in [1.29, 1.82) is 0 Å². The molecule has 0 spiro atoms. The van der Waals surface area contributed by atoms with E-state index in [1.807, 2.05) is 24.5 Å². The van der Waals surface area contributed by atoms with Crippen molar-refractivity contribution in [3.05, 3.63) is 41.1 Å². The van der Waals surface area contributed by atoms with Gasteiger partial charge in [-0.3, -0.25) is 0 Å². The van der Waals surface area contributed by atoms with Gasteiger partial charge >= 0.3 is 0 Å². The van der Waals surface area contributed by atoms with Gasteiger partial charge in [0.15, 0.2) is 0 Å². The van der Waals surface area contributed by atoms with Gasteiger partial charge in [0.05, 0.1) is 22.1 Å². The zero-order chi connectivity index (χ0) is 15.4. The first-order chi connectivity index (χ1) is 10.8. The molecule has 2 aromatic heterocycles. The third-order valence-corrected chi connectivity index (χ3v) is 4.27. The third-order valence-electron chi connectivity index (χ3n) is 2.61. The standard InChI is InChI=1S/C13H11ClN4O2S2/c1-21-6-10-16-18-13(20-10)22-7-11-15-17-12(19-11)8-4-2-3-5-9(8)14/h2-5H,6-7H2,1H3. The maximum Gasteiger partial charge on any atom is 0.277 e. The number of halogens is 1. The van der Waals surface area contributed by atoms with Crippen LogP contribution in [0.2, 0.25) is 5.02 Å². The van der Waals surface area contributed by atoms with E-state index in [0.717, 1.165) is 0 Å². The summed E-state index contributed by atoms with van der Waals surface area (Å²) in [6.07, 6.45) is 1.98. The van der Waals surface area contributed by atoms with Gasteiger partial charge in [0.25, 0.3) is 5.22 Å². The molecule has 0 atom stereocenters. The Bertz CT molecular complexity index is 762. The van der Waals surface area contributed by atoms with Crippen molar-refractivity contribution in [3.63, 3.8) is 0 Å². The van der Waals surface area contributed by atoms with E-state index in [-0.39, 0.29) is 0 Å². The van der Waals surface area contributed by atoms with Gasteiger partial charge in [0.1, 0.15) is 0 Å². The molecule has 6 nitrogen and oxygen atoms in total. The van der Waals surface area contributed by atoms with Crippen molar-refractivity contribution in [3.8, 4) is 11.5 Å². The highest BCUT2D eigenvalue weighted by Gasteiger charge is 2.13. The molecule has 0 saturated heterocycles. The Morgan fingerprint density at radius 3 is 2.59 bits per heavy atom. The average Bonchev–Trinajstić information content (AvgIpc) is 3.15. The van der Waals surface area contributed by atoms with Crippen LogP contribution in [-0.4, -0.2) is 26.7 Å². The number of aromatic nitrogens is 4. The first-order valence-corrected chi connectivity index (χ1v) is 9.03. The molecule has 2 heterocycles. The largest absolute Gasteiger partial charge is 0.420 e. The number of thioether (sulfide) groups is 2. The first-order valence-electron chi connectivity index (χ1n) is 6.27.